The van der Waals surface area contributed by atoms with E-state index in [1.54, 1.807) is 43.1 Å². The molecule has 174 valence electrons. The van der Waals surface area contributed by atoms with Gasteiger partial charge in [0, 0.05) is 37.8 Å². The van der Waals surface area contributed by atoms with Crippen LogP contribution in [0.3, 0.4) is 0 Å². The fraction of sp³-hybridized carbons (Fsp3) is 0.440. The predicted molar refractivity (Wildman–Crippen MR) is 121 cm³/mol. The Morgan fingerprint density at radius 1 is 1.12 bits per heavy atom. The summed E-state index contributed by atoms with van der Waals surface area (Å²) in [6, 6.07) is 11.6. The molecular formula is C25H27F3N4O. The van der Waals surface area contributed by atoms with Gasteiger partial charge in [-0.2, -0.15) is 13.2 Å². The zero-order valence-electron chi connectivity index (χ0n) is 18.8. The quantitative estimate of drug-likeness (QED) is 0.552. The van der Waals surface area contributed by atoms with Crippen molar-refractivity contribution in [3.63, 3.8) is 0 Å². The Hall–Kier alpha value is -2.87. The highest BCUT2D eigenvalue weighted by Crippen LogP contribution is 2.37. The van der Waals surface area contributed by atoms with Gasteiger partial charge in [0.1, 0.15) is 5.82 Å². The minimum atomic E-state index is -4.61. The van der Waals surface area contributed by atoms with Gasteiger partial charge in [-0.05, 0) is 56.5 Å². The number of benzene rings is 2. The van der Waals surface area contributed by atoms with E-state index < -0.39 is 11.7 Å². The van der Waals surface area contributed by atoms with Crippen molar-refractivity contribution in [1.29, 1.82) is 0 Å². The molecule has 1 saturated carbocycles. The van der Waals surface area contributed by atoms with Gasteiger partial charge in [0.15, 0.2) is 0 Å². The van der Waals surface area contributed by atoms with E-state index in [4.69, 9.17) is 0 Å². The number of para-hydroxylation sites is 2. The zero-order valence-corrected chi connectivity index (χ0v) is 18.8. The summed E-state index contributed by atoms with van der Waals surface area (Å²) in [5.41, 5.74) is 0.414. The highest BCUT2D eigenvalue weighted by molar-refractivity contribution is 5.95. The minimum Gasteiger partial charge on any atom is -0.337 e. The van der Waals surface area contributed by atoms with Gasteiger partial charge in [-0.25, -0.2) is 4.98 Å². The summed E-state index contributed by atoms with van der Waals surface area (Å²) in [4.78, 5) is 21.6. The maximum absolute atomic E-state index is 14.1. The van der Waals surface area contributed by atoms with Crippen LogP contribution < -0.4 is 0 Å². The Kier molecular flexibility index (Phi) is 5.43. The number of aryl methyl sites for hydroxylation is 1. The Bertz CT molecular complexity index is 1200. The number of nitrogens with zero attached hydrogens (tertiary/aromatic N) is 4. The van der Waals surface area contributed by atoms with E-state index in [1.165, 1.54) is 36.0 Å². The first-order valence-corrected chi connectivity index (χ1v) is 11.4. The third-order valence-corrected chi connectivity index (χ3v) is 7.17. The number of carbonyl (C=O) groups is 1. The van der Waals surface area contributed by atoms with Crippen LogP contribution in [0, 0.1) is 6.92 Å². The van der Waals surface area contributed by atoms with E-state index in [1.807, 2.05) is 0 Å². The molecule has 1 amide bonds. The second-order valence-electron chi connectivity index (χ2n) is 9.15. The summed E-state index contributed by atoms with van der Waals surface area (Å²) >= 11 is 0. The second-order valence-corrected chi connectivity index (χ2v) is 9.15. The summed E-state index contributed by atoms with van der Waals surface area (Å²) in [6.45, 7) is 3.41. The molecule has 1 unspecified atom stereocenters. The average molecular weight is 457 g/mol. The summed E-state index contributed by atoms with van der Waals surface area (Å²) in [5, 5.41) is 0. The standard InChI is InChI=1S/C25H27F3N4O/c1-16-29-21-8-3-4-9-23(21)32(16)22-11-10-17(14-20(22)25(26,27)28)24(33)30(2)19-12-13-31(15-19)18-6-5-7-18/h3-4,8-11,14,18-19H,5-7,12-13,15H2,1-2H3. The predicted octanol–water partition coefficient (Wildman–Crippen LogP) is 5.05. The molecule has 2 heterocycles. The lowest BCUT2D eigenvalue weighted by atomic mass is 9.92. The van der Waals surface area contributed by atoms with Crippen LogP contribution in [-0.2, 0) is 6.18 Å². The van der Waals surface area contributed by atoms with Crippen LogP contribution >= 0.6 is 0 Å². The molecule has 1 atom stereocenters. The van der Waals surface area contributed by atoms with Gasteiger partial charge >= 0.3 is 6.18 Å². The van der Waals surface area contributed by atoms with Crippen molar-refractivity contribution in [3.05, 3.63) is 59.4 Å². The topological polar surface area (TPSA) is 41.4 Å². The summed E-state index contributed by atoms with van der Waals surface area (Å²) < 4.78 is 43.9. The molecule has 5 rings (SSSR count). The number of hydrogen-bond acceptors (Lipinski definition) is 3. The fourth-order valence-electron chi connectivity index (χ4n) is 5.08. The van der Waals surface area contributed by atoms with Gasteiger partial charge in [-0.3, -0.25) is 14.3 Å². The number of rotatable bonds is 4. The molecule has 1 saturated heterocycles. The SMILES string of the molecule is Cc1nc2ccccc2n1-c1ccc(C(=O)N(C)C2CCN(C3CCC3)C2)cc1C(F)(F)F. The van der Waals surface area contributed by atoms with Crippen molar-refractivity contribution in [2.45, 2.75) is 50.9 Å². The largest absolute Gasteiger partial charge is 0.418 e. The lowest BCUT2D eigenvalue weighted by Crippen LogP contribution is -2.43. The van der Waals surface area contributed by atoms with Gasteiger partial charge < -0.3 is 4.90 Å². The zero-order chi connectivity index (χ0) is 23.3. The van der Waals surface area contributed by atoms with Crippen LogP contribution in [0.5, 0.6) is 0 Å². The summed E-state index contributed by atoms with van der Waals surface area (Å²) in [6.07, 6.45) is -0.120. The lowest BCUT2D eigenvalue weighted by molar-refractivity contribution is -0.137. The molecule has 1 aliphatic carbocycles. The van der Waals surface area contributed by atoms with Crippen molar-refractivity contribution in [3.8, 4) is 5.69 Å². The number of alkyl halides is 3. The van der Waals surface area contributed by atoms with E-state index in [-0.39, 0.29) is 23.2 Å². The molecule has 0 spiro atoms. The number of hydrogen-bond donors (Lipinski definition) is 0. The van der Waals surface area contributed by atoms with Crippen molar-refractivity contribution in [1.82, 2.24) is 19.4 Å². The normalized spacial score (nSPS) is 19.7. The van der Waals surface area contributed by atoms with Crippen LogP contribution in [0.2, 0.25) is 0 Å². The molecule has 8 heteroatoms. The summed E-state index contributed by atoms with van der Waals surface area (Å²) in [7, 11) is 1.70. The van der Waals surface area contributed by atoms with Gasteiger partial charge in [-0.15, -0.1) is 0 Å². The van der Waals surface area contributed by atoms with Crippen LogP contribution in [0.1, 0.15) is 47.4 Å². The Balaban J connectivity index is 1.47. The highest BCUT2D eigenvalue weighted by Gasteiger charge is 2.37. The second kappa shape index (κ2) is 8.17. The van der Waals surface area contributed by atoms with Gasteiger partial charge in [0.05, 0.1) is 22.3 Å². The third kappa shape index (κ3) is 3.90. The maximum Gasteiger partial charge on any atom is 0.418 e. The first-order valence-electron chi connectivity index (χ1n) is 11.4. The molecule has 2 fully saturated rings. The first-order chi connectivity index (χ1) is 15.7. The number of likely N-dealkylation sites (tertiary alicyclic amines) is 1. The van der Waals surface area contributed by atoms with Crippen LogP contribution in [0.4, 0.5) is 13.2 Å². The smallest absolute Gasteiger partial charge is 0.337 e. The van der Waals surface area contributed by atoms with Crippen LogP contribution in [0.25, 0.3) is 16.7 Å². The van der Waals surface area contributed by atoms with Crippen molar-refractivity contribution >= 4 is 16.9 Å². The number of likely N-dealkylation sites (N-methyl/N-ethyl adjacent to an activating group) is 1. The van der Waals surface area contributed by atoms with Crippen LogP contribution in [-0.4, -0.2) is 57.5 Å². The molecule has 3 aromatic rings. The fourth-order valence-corrected chi connectivity index (χ4v) is 5.08. The molecule has 2 aromatic carbocycles. The third-order valence-electron chi connectivity index (χ3n) is 7.17. The Labute approximate surface area is 190 Å². The molecule has 0 radical (unpaired) electrons. The number of carbonyl (C=O) groups excluding carboxylic acids is 1. The maximum atomic E-state index is 14.1. The van der Waals surface area contributed by atoms with Crippen LogP contribution in [0.15, 0.2) is 42.5 Å². The first kappa shape index (κ1) is 21.9. The molecule has 5 nitrogen and oxygen atoms in total. The van der Waals surface area contributed by atoms with E-state index >= 15 is 0 Å². The molecule has 2 aliphatic rings. The van der Waals surface area contributed by atoms with E-state index in [9.17, 15) is 18.0 Å². The van der Waals surface area contributed by atoms with Crippen molar-refractivity contribution in [2.75, 3.05) is 20.1 Å². The van der Waals surface area contributed by atoms with E-state index in [2.05, 4.69) is 9.88 Å². The average Bonchev–Trinajstić information content (AvgIpc) is 3.34. The van der Waals surface area contributed by atoms with Gasteiger partial charge in [0.25, 0.3) is 5.91 Å². The Morgan fingerprint density at radius 2 is 1.88 bits per heavy atom. The molecular weight excluding hydrogens is 429 g/mol. The molecule has 1 aromatic heterocycles. The number of aromatic nitrogens is 2. The van der Waals surface area contributed by atoms with Gasteiger partial charge in [-0.1, -0.05) is 18.6 Å². The summed E-state index contributed by atoms with van der Waals surface area (Å²) in [5.74, 6) is 0.0830. The van der Waals surface area contributed by atoms with Gasteiger partial charge in [0.2, 0.25) is 0 Å². The van der Waals surface area contributed by atoms with E-state index in [0.29, 0.717) is 22.9 Å². The van der Waals surface area contributed by atoms with Crippen molar-refractivity contribution < 1.29 is 18.0 Å². The lowest BCUT2D eigenvalue weighted by Gasteiger charge is -2.35. The van der Waals surface area contributed by atoms with Crippen molar-refractivity contribution in [2.24, 2.45) is 0 Å². The molecule has 0 bridgehead atoms. The number of halogens is 3. The number of imidazole rings is 1. The highest BCUT2D eigenvalue weighted by atomic mass is 19.4. The number of amides is 1. The van der Waals surface area contributed by atoms with E-state index in [0.717, 1.165) is 25.6 Å². The molecule has 33 heavy (non-hydrogen) atoms. The number of fused-ring (bicyclic) bond motifs is 1. The monoisotopic (exact) mass is 456 g/mol. The molecule has 0 N–H and O–H groups in total. The Morgan fingerprint density at radius 3 is 2.58 bits per heavy atom. The minimum absolute atomic E-state index is 0.0203. The molecule has 1 aliphatic heterocycles.